The van der Waals surface area contributed by atoms with Crippen LogP contribution in [-0.4, -0.2) is 67.9 Å². The van der Waals surface area contributed by atoms with Crippen LogP contribution in [0.15, 0.2) is 60.7 Å². The van der Waals surface area contributed by atoms with Crippen molar-refractivity contribution in [2.75, 3.05) is 50.6 Å². The molecule has 3 amide bonds. The molecule has 8 nitrogen and oxygen atoms in total. The van der Waals surface area contributed by atoms with Gasteiger partial charge in [-0.15, -0.1) is 0 Å². The van der Waals surface area contributed by atoms with E-state index in [-0.39, 0.29) is 24.3 Å². The van der Waals surface area contributed by atoms with Crippen molar-refractivity contribution in [1.29, 1.82) is 0 Å². The summed E-state index contributed by atoms with van der Waals surface area (Å²) < 4.78 is 5.44. The number of amides is 3. The molecule has 0 unspecified atom stereocenters. The number of nitrogens with zero attached hydrogens (tertiary/aromatic N) is 3. The second-order valence-electron chi connectivity index (χ2n) is 9.52. The smallest absolute Gasteiger partial charge is 0.261 e. The SMILES string of the molecule is COc1ccc(CN2C(=O)c3ccccc3C2=O)cc1C(=O)Nc1ccc(N2CCN(C)CC2)cc1C. The highest BCUT2D eigenvalue weighted by Crippen LogP contribution is 2.28. The van der Waals surface area contributed by atoms with Crippen LogP contribution in [0.2, 0.25) is 0 Å². The number of nitrogens with one attached hydrogen (secondary N) is 1. The number of fused-ring (bicyclic) bond motifs is 1. The van der Waals surface area contributed by atoms with E-state index in [4.69, 9.17) is 4.74 Å². The number of methoxy groups -OCH3 is 1. The first kappa shape index (κ1) is 24.5. The number of carbonyl (C=O) groups excluding carboxylic acids is 3. The number of aryl methyl sites for hydroxylation is 1. The molecule has 1 saturated heterocycles. The maximum absolute atomic E-state index is 13.3. The van der Waals surface area contributed by atoms with Gasteiger partial charge < -0.3 is 19.9 Å². The van der Waals surface area contributed by atoms with Crippen LogP contribution in [-0.2, 0) is 6.54 Å². The number of anilines is 2. The Bertz CT molecular complexity index is 1340. The summed E-state index contributed by atoms with van der Waals surface area (Å²) >= 11 is 0. The van der Waals surface area contributed by atoms with Gasteiger partial charge in [0.2, 0.25) is 0 Å². The largest absolute Gasteiger partial charge is 0.496 e. The number of piperazine rings is 1. The molecular weight excluding hydrogens is 468 g/mol. The molecule has 8 heteroatoms. The van der Waals surface area contributed by atoms with E-state index in [1.54, 1.807) is 42.5 Å². The normalized spacial score (nSPS) is 15.6. The molecule has 0 saturated carbocycles. The average Bonchev–Trinajstić information content (AvgIpc) is 3.15. The average molecular weight is 499 g/mol. The van der Waals surface area contributed by atoms with Crippen LogP contribution >= 0.6 is 0 Å². The fourth-order valence-corrected chi connectivity index (χ4v) is 4.84. The van der Waals surface area contributed by atoms with Gasteiger partial charge in [0, 0.05) is 37.6 Å². The molecule has 0 aromatic heterocycles. The Kier molecular flexibility index (Phi) is 6.67. The van der Waals surface area contributed by atoms with Crippen molar-refractivity contribution in [3.05, 3.63) is 88.5 Å². The van der Waals surface area contributed by atoms with Gasteiger partial charge in [0.15, 0.2) is 0 Å². The van der Waals surface area contributed by atoms with Crippen LogP contribution in [0.3, 0.4) is 0 Å². The van der Waals surface area contributed by atoms with Crippen molar-refractivity contribution in [2.24, 2.45) is 0 Å². The van der Waals surface area contributed by atoms with E-state index in [1.807, 2.05) is 19.1 Å². The molecule has 37 heavy (non-hydrogen) atoms. The van der Waals surface area contributed by atoms with Crippen LogP contribution < -0.4 is 15.0 Å². The van der Waals surface area contributed by atoms with E-state index in [0.717, 1.165) is 43.1 Å². The third-order valence-corrected chi connectivity index (χ3v) is 7.05. The molecule has 0 aliphatic carbocycles. The van der Waals surface area contributed by atoms with E-state index < -0.39 is 0 Å². The summed E-state index contributed by atoms with van der Waals surface area (Å²) in [5.74, 6) is -0.580. The predicted molar refractivity (Wildman–Crippen MR) is 142 cm³/mol. The molecule has 190 valence electrons. The molecule has 2 aliphatic heterocycles. The highest BCUT2D eigenvalue weighted by atomic mass is 16.5. The number of hydrogen-bond acceptors (Lipinski definition) is 6. The summed E-state index contributed by atoms with van der Waals surface area (Å²) in [5.41, 5.74) is 4.61. The quantitative estimate of drug-likeness (QED) is 0.521. The zero-order valence-electron chi connectivity index (χ0n) is 21.3. The summed E-state index contributed by atoms with van der Waals surface area (Å²) in [4.78, 5) is 44.7. The molecular formula is C29H30N4O4. The molecule has 0 bridgehead atoms. The van der Waals surface area contributed by atoms with Crippen LogP contribution in [0.1, 0.15) is 42.2 Å². The van der Waals surface area contributed by atoms with E-state index in [9.17, 15) is 14.4 Å². The number of imide groups is 1. The van der Waals surface area contributed by atoms with E-state index in [0.29, 0.717) is 28.0 Å². The van der Waals surface area contributed by atoms with Gasteiger partial charge >= 0.3 is 0 Å². The number of likely N-dealkylation sites (N-methyl/N-ethyl adjacent to an activating group) is 1. The summed E-state index contributed by atoms with van der Waals surface area (Å²) in [5, 5.41) is 3.00. The van der Waals surface area contributed by atoms with Gasteiger partial charge in [0.25, 0.3) is 17.7 Å². The number of hydrogen-bond donors (Lipinski definition) is 1. The van der Waals surface area contributed by atoms with Gasteiger partial charge in [-0.25, -0.2) is 0 Å². The molecule has 0 radical (unpaired) electrons. The highest BCUT2D eigenvalue weighted by Gasteiger charge is 2.35. The zero-order valence-corrected chi connectivity index (χ0v) is 21.3. The van der Waals surface area contributed by atoms with E-state index in [1.165, 1.54) is 12.0 Å². The minimum absolute atomic E-state index is 0.0649. The second-order valence-corrected chi connectivity index (χ2v) is 9.52. The van der Waals surface area contributed by atoms with Crippen molar-refractivity contribution >= 4 is 29.1 Å². The topological polar surface area (TPSA) is 82.2 Å². The summed E-state index contributed by atoms with van der Waals surface area (Å²) in [7, 11) is 3.64. The molecule has 3 aromatic carbocycles. The molecule has 1 fully saturated rings. The Balaban J connectivity index is 1.33. The molecule has 5 rings (SSSR count). The molecule has 2 aliphatic rings. The van der Waals surface area contributed by atoms with Crippen LogP contribution in [0.4, 0.5) is 11.4 Å². The molecule has 3 aromatic rings. The number of benzene rings is 3. The van der Waals surface area contributed by atoms with Crippen LogP contribution in [0.25, 0.3) is 0 Å². The Morgan fingerprint density at radius 1 is 0.919 bits per heavy atom. The highest BCUT2D eigenvalue weighted by molar-refractivity contribution is 6.21. The maximum atomic E-state index is 13.3. The van der Waals surface area contributed by atoms with Gasteiger partial charge in [0.1, 0.15) is 5.75 Å². The lowest BCUT2D eigenvalue weighted by Crippen LogP contribution is -2.44. The minimum Gasteiger partial charge on any atom is -0.496 e. The van der Waals surface area contributed by atoms with Crippen molar-refractivity contribution < 1.29 is 19.1 Å². The first-order valence-corrected chi connectivity index (χ1v) is 12.3. The third kappa shape index (κ3) is 4.80. The Hall–Kier alpha value is -4.17. The lowest BCUT2D eigenvalue weighted by Gasteiger charge is -2.34. The van der Waals surface area contributed by atoms with Gasteiger partial charge in [-0.05, 0) is 67.6 Å². The third-order valence-electron chi connectivity index (χ3n) is 7.05. The lowest BCUT2D eigenvalue weighted by molar-refractivity contribution is 0.0642. The van der Waals surface area contributed by atoms with Crippen molar-refractivity contribution in [1.82, 2.24) is 9.80 Å². The minimum atomic E-state index is -0.335. The maximum Gasteiger partial charge on any atom is 0.261 e. The number of ether oxygens (including phenoxy) is 1. The summed E-state index contributed by atoms with van der Waals surface area (Å²) in [6.45, 7) is 6.03. The Morgan fingerprint density at radius 3 is 2.22 bits per heavy atom. The molecule has 0 atom stereocenters. The number of rotatable bonds is 6. The zero-order chi connectivity index (χ0) is 26.1. The molecule has 2 heterocycles. The Morgan fingerprint density at radius 2 is 1.59 bits per heavy atom. The molecule has 1 N–H and O–H groups in total. The monoisotopic (exact) mass is 498 g/mol. The predicted octanol–water partition coefficient (Wildman–Crippen LogP) is 3.80. The summed E-state index contributed by atoms with van der Waals surface area (Å²) in [6, 6.07) is 18.0. The van der Waals surface area contributed by atoms with Crippen LogP contribution in [0, 0.1) is 6.92 Å². The second kappa shape index (κ2) is 10.1. The van der Waals surface area contributed by atoms with Crippen molar-refractivity contribution in [3.63, 3.8) is 0 Å². The van der Waals surface area contributed by atoms with Gasteiger partial charge in [0.05, 0.1) is 30.3 Å². The van der Waals surface area contributed by atoms with Crippen LogP contribution in [0.5, 0.6) is 5.75 Å². The standard InChI is InChI=1S/C29H30N4O4/c1-19-16-21(32-14-12-31(2)13-15-32)9-10-25(19)30-27(34)24-17-20(8-11-26(24)37-3)18-33-28(35)22-6-4-5-7-23(22)29(33)36/h4-11,16-17H,12-15,18H2,1-3H3,(H,30,34). The van der Waals surface area contributed by atoms with Crippen molar-refractivity contribution in [3.8, 4) is 5.75 Å². The van der Waals surface area contributed by atoms with Gasteiger partial charge in [-0.3, -0.25) is 19.3 Å². The fraction of sp³-hybridized carbons (Fsp3) is 0.276. The Labute approximate surface area is 216 Å². The lowest BCUT2D eigenvalue weighted by atomic mass is 10.1. The van der Waals surface area contributed by atoms with Gasteiger partial charge in [-0.1, -0.05) is 18.2 Å². The van der Waals surface area contributed by atoms with Gasteiger partial charge in [-0.2, -0.15) is 0 Å². The van der Waals surface area contributed by atoms with E-state index in [2.05, 4.69) is 28.2 Å². The van der Waals surface area contributed by atoms with Crippen molar-refractivity contribution in [2.45, 2.75) is 13.5 Å². The summed E-state index contributed by atoms with van der Waals surface area (Å²) in [6.07, 6.45) is 0. The first-order chi connectivity index (χ1) is 17.9. The first-order valence-electron chi connectivity index (χ1n) is 12.3. The molecule has 0 spiro atoms. The fourth-order valence-electron chi connectivity index (χ4n) is 4.84. The van der Waals surface area contributed by atoms with E-state index >= 15 is 0 Å². The number of carbonyl (C=O) groups is 3.